The van der Waals surface area contributed by atoms with E-state index in [9.17, 15) is 9.90 Å². The summed E-state index contributed by atoms with van der Waals surface area (Å²) in [6.45, 7) is 4.80. The number of aromatic nitrogens is 3. The van der Waals surface area contributed by atoms with Crippen molar-refractivity contribution < 1.29 is 19.2 Å². The molecule has 0 bridgehead atoms. The van der Waals surface area contributed by atoms with Crippen LogP contribution in [0.25, 0.3) is 33.3 Å². The van der Waals surface area contributed by atoms with Gasteiger partial charge in [0.15, 0.2) is 0 Å². The molecular formula is C27H29N3O4. The summed E-state index contributed by atoms with van der Waals surface area (Å²) in [4.78, 5) is 16.4. The van der Waals surface area contributed by atoms with Crippen LogP contribution in [0.2, 0.25) is 0 Å². The Morgan fingerprint density at radius 2 is 1.97 bits per heavy atom. The molecule has 7 heteroatoms. The number of pyridine rings is 1. The van der Waals surface area contributed by atoms with Crippen molar-refractivity contribution in [2.45, 2.75) is 52.5 Å². The highest BCUT2D eigenvalue weighted by molar-refractivity contribution is 5.97. The number of carboxylic acid groups (broad SMARTS) is 1. The Bertz CT molecular complexity index is 1340. The van der Waals surface area contributed by atoms with Crippen molar-refractivity contribution in [3.63, 3.8) is 0 Å². The first-order valence-electron chi connectivity index (χ1n) is 11.8. The van der Waals surface area contributed by atoms with E-state index in [0.29, 0.717) is 11.7 Å². The number of aromatic carboxylic acids is 1. The normalized spacial score (nSPS) is 14.6. The van der Waals surface area contributed by atoms with Crippen molar-refractivity contribution in [1.29, 1.82) is 0 Å². The number of benzene rings is 1. The van der Waals surface area contributed by atoms with Gasteiger partial charge in [-0.25, -0.2) is 4.79 Å². The van der Waals surface area contributed by atoms with E-state index in [1.54, 1.807) is 12.1 Å². The van der Waals surface area contributed by atoms with Crippen molar-refractivity contribution in [1.82, 2.24) is 14.7 Å². The van der Waals surface area contributed by atoms with Gasteiger partial charge in [-0.15, -0.1) is 0 Å². The van der Waals surface area contributed by atoms with Crippen LogP contribution in [0.15, 0.2) is 41.2 Å². The summed E-state index contributed by atoms with van der Waals surface area (Å²) in [5.41, 5.74) is 6.74. The highest BCUT2D eigenvalue weighted by atomic mass is 16.5. The number of aryl methyl sites for hydroxylation is 2. The van der Waals surface area contributed by atoms with Crippen LogP contribution in [-0.4, -0.2) is 32.9 Å². The van der Waals surface area contributed by atoms with Gasteiger partial charge in [-0.3, -0.25) is 4.98 Å². The van der Waals surface area contributed by atoms with Crippen LogP contribution in [0.1, 0.15) is 53.9 Å². The molecule has 3 aromatic heterocycles. The summed E-state index contributed by atoms with van der Waals surface area (Å²) < 4.78 is 13.1. The van der Waals surface area contributed by atoms with Crippen LogP contribution in [0.5, 0.6) is 5.75 Å². The molecule has 0 amide bonds. The molecule has 5 rings (SSSR count). The number of rotatable bonds is 6. The van der Waals surface area contributed by atoms with E-state index >= 15 is 0 Å². The Morgan fingerprint density at radius 1 is 1.18 bits per heavy atom. The molecule has 4 aromatic rings. The molecule has 1 aliphatic carbocycles. The summed E-state index contributed by atoms with van der Waals surface area (Å²) in [6, 6.07) is 7.38. The van der Waals surface area contributed by atoms with Gasteiger partial charge in [0.1, 0.15) is 17.1 Å². The Balaban J connectivity index is 1.66. The lowest BCUT2D eigenvalue weighted by Gasteiger charge is -2.22. The first-order valence-corrected chi connectivity index (χ1v) is 11.8. The minimum atomic E-state index is -1.01. The van der Waals surface area contributed by atoms with Crippen LogP contribution in [0.3, 0.4) is 0 Å². The fourth-order valence-electron chi connectivity index (χ4n) is 5.24. The molecular weight excluding hydrogens is 430 g/mol. The predicted molar refractivity (Wildman–Crippen MR) is 130 cm³/mol. The number of hydrogen-bond acceptors (Lipinski definition) is 5. The second-order valence-electron chi connectivity index (χ2n) is 9.21. The zero-order valence-electron chi connectivity index (χ0n) is 19.8. The second kappa shape index (κ2) is 8.97. The smallest absolute Gasteiger partial charge is 0.339 e. The van der Waals surface area contributed by atoms with Crippen LogP contribution < -0.4 is 4.74 Å². The van der Waals surface area contributed by atoms with Gasteiger partial charge in [0, 0.05) is 35.6 Å². The van der Waals surface area contributed by atoms with Gasteiger partial charge in [-0.05, 0) is 56.4 Å². The van der Waals surface area contributed by atoms with Gasteiger partial charge in [0.2, 0.25) is 0 Å². The molecule has 3 heterocycles. The Hall–Kier alpha value is -3.61. The first kappa shape index (κ1) is 22.2. The molecule has 1 aromatic carbocycles. The lowest BCUT2D eigenvalue weighted by molar-refractivity contribution is 0.0693. The summed E-state index contributed by atoms with van der Waals surface area (Å²) >= 11 is 0. The predicted octanol–water partition coefficient (Wildman–Crippen LogP) is 6.26. The summed E-state index contributed by atoms with van der Waals surface area (Å²) in [7, 11) is 1.49. The molecule has 0 spiro atoms. The van der Waals surface area contributed by atoms with Gasteiger partial charge >= 0.3 is 5.97 Å². The third-order valence-corrected chi connectivity index (χ3v) is 6.96. The Labute approximate surface area is 198 Å². The van der Waals surface area contributed by atoms with Crippen LogP contribution in [-0.2, 0) is 6.54 Å². The van der Waals surface area contributed by atoms with Gasteiger partial charge in [-0.2, -0.15) is 0 Å². The second-order valence-corrected chi connectivity index (χ2v) is 9.21. The molecule has 1 saturated carbocycles. The topological polar surface area (TPSA) is 90.4 Å². The fraction of sp³-hybridized carbons (Fsp3) is 0.370. The van der Waals surface area contributed by atoms with Crippen LogP contribution in [0, 0.1) is 19.8 Å². The van der Waals surface area contributed by atoms with E-state index in [0.717, 1.165) is 51.3 Å². The van der Waals surface area contributed by atoms with E-state index in [1.807, 2.05) is 26.1 Å². The van der Waals surface area contributed by atoms with Crippen molar-refractivity contribution >= 4 is 17.0 Å². The average molecular weight is 460 g/mol. The van der Waals surface area contributed by atoms with E-state index in [-0.39, 0.29) is 5.56 Å². The molecule has 0 radical (unpaired) electrons. The van der Waals surface area contributed by atoms with Crippen molar-refractivity contribution in [2.75, 3.05) is 7.11 Å². The van der Waals surface area contributed by atoms with E-state index in [1.165, 1.54) is 39.2 Å². The number of carboxylic acids is 1. The number of carbonyl (C=O) groups is 1. The molecule has 1 N–H and O–H groups in total. The zero-order valence-corrected chi connectivity index (χ0v) is 19.8. The lowest BCUT2D eigenvalue weighted by Crippen LogP contribution is -2.13. The highest BCUT2D eigenvalue weighted by Crippen LogP contribution is 2.37. The van der Waals surface area contributed by atoms with Gasteiger partial charge in [0.25, 0.3) is 0 Å². The Kier molecular flexibility index (Phi) is 5.86. The minimum Gasteiger partial charge on any atom is -0.496 e. The number of nitrogens with zero attached hydrogens (tertiary/aromatic N) is 3. The molecule has 0 unspecified atom stereocenters. The SMILES string of the molecule is COc1cc(-c2cn(CC3CCCCC3)c3cc(-c4c(C)noc4C)cnc23)ccc1C(=O)O. The molecule has 1 aliphatic rings. The average Bonchev–Trinajstić information content (AvgIpc) is 3.37. The molecule has 34 heavy (non-hydrogen) atoms. The maximum atomic E-state index is 11.6. The molecule has 0 saturated heterocycles. The number of hydrogen-bond donors (Lipinski definition) is 1. The van der Waals surface area contributed by atoms with Gasteiger partial charge < -0.3 is 18.9 Å². The van der Waals surface area contributed by atoms with Gasteiger partial charge in [0.05, 0.1) is 23.8 Å². The highest BCUT2D eigenvalue weighted by Gasteiger charge is 2.21. The summed E-state index contributed by atoms with van der Waals surface area (Å²) in [6.07, 6.45) is 10.4. The van der Waals surface area contributed by atoms with Crippen molar-refractivity contribution in [2.24, 2.45) is 5.92 Å². The molecule has 176 valence electrons. The third-order valence-electron chi connectivity index (χ3n) is 6.96. The molecule has 1 fully saturated rings. The Morgan fingerprint density at radius 3 is 2.65 bits per heavy atom. The van der Waals surface area contributed by atoms with E-state index < -0.39 is 5.97 Å². The maximum absolute atomic E-state index is 11.6. The fourth-order valence-corrected chi connectivity index (χ4v) is 5.24. The summed E-state index contributed by atoms with van der Waals surface area (Å²) in [5.74, 6) is 0.748. The van der Waals surface area contributed by atoms with Crippen LogP contribution >= 0.6 is 0 Å². The molecule has 0 atom stereocenters. The molecule has 0 aliphatic heterocycles. The summed E-state index contributed by atoms with van der Waals surface area (Å²) in [5, 5.41) is 13.6. The quantitative estimate of drug-likeness (QED) is 0.366. The first-order chi connectivity index (χ1) is 16.5. The molecule has 7 nitrogen and oxygen atoms in total. The number of fused-ring (bicyclic) bond motifs is 1. The number of methoxy groups -OCH3 is 1. The largest absolute Gasteiger partial charge is 0.496 e. The van der Waals surface area contributed by atoms with Gasteiger partial charge in [-0.1, -0.05) is 30.5 Å². The van der Waals surface area contributed by atoms with Crippen molar-refractivity contribution in [3.05, 3.63) is 53.7 Å². The van der Waals surface area contributed by atoms with E-state index in [4.69, 9.17) is 14.2 Å². The monoisotopic (exact) mass is 459 g/mol. The van der Waals surface area contributed by atoms with Crippen LogP contribution in [0.4, 0.5) is 0 Å². The van der Waals surface area contributed by atoms with E-state index in [2.05, 4.69) is 22.0 Å². The maximum Gasteiger partial charge on any atom is 0.339 e. The zero-order chi connectivity index (χ0) is 23.8. The van der Waals surface area contributed by atoms with Crippen molar-refractivity contribution in [3.8, 4) is 28.0 Å². The standard InChI is InChI=1S/C27H29N3O4/c1-16-25(17(2)34-29-16)20-11-23-26(28-13-20)22(15-30(23)14-18-7-5-4-6-8-18)19-9-10-21(27(31)32)24(12-19)33-3/h9-13,15,18H,4-8,14H2,1-3H3,(H,31,32). The minimum absolute atomic E-state index is 0.144. The third kappa shape index (κ3) is 3.95. The lowest BCUT2D eigenvalue weighted by atomic mass is 9.89. The number of ether oxygens (including phenoxy) is 1.